The van der Waals surface area contributed by atoms with Crippen LogP contribution >= 0.6 is 0 Å². The Morgan fingerprint density at radius 3 is 2.87 bits per heavy atom. The highest BCUT2D eigenvalue weighted by Gasteiger charge is 2.17. The molecule has 1 aromatic carbocycles. The zero-order valence-corrected chi connectivity index (χ0v) is 16.7. The molecule has 9 nitrogen and oxygen atoms in total. The highest BCUT2D eigenvalue weighted by atomic mass is 16.7. The van der Waals surface area contributed by atoms with Crippen molar-refractivity contribution in [1.29, 1.82) is 0 Å². The van der Waals surface area contributed by atoms with E-state index in [0.29, 0.717) is 18.2 Å². The second-order valence-electron chi connectivity index (χ2n) is 7.41. The van der Waals surface area contributed by atoms with E-state index in [0.717, 1.165) is 51.2 Å². The van der Waals surface area contributed by atoms with Crippen LogP contribution in [-0.4, -0.2) is 36.7 Å². The van der Waals surface area contributed by atoms with E-state index >= 15 is 0 Å². The number of H-pyrrole nitrogens is 1. The Morgan fingerprint density at radius 2 is 1.97 bits per heavy atom. The van der Waals surface area contributed by atoms with Crippen molar-refractivity contribution >= 4 is 11.0 Å². The third-order valence-corrected chi connectivity index (χ3v) is 5.33. The minimum absolute atomic E-state index is 0.272. The second kappa shape index (κ2) is 6.98. The minimum atomic E-state index is 0.272. The number of ether oxygens (including phenoxy) is 2. The third kappa shape index (κ3) is 3.20. The molecule has 0 radical (unpaired) electrons. The van der Waals surface area contributed by atoms with Crippen molar-refractivity contribution in [2.45, 2.75) is 12.8 Å². The van der Waals surface area contributed by atoms with Crippen molar-refractivity contribution in [1.82, 2.24) is 29.9 Å². The molecule has 5 aromatic rings. The number of aromatic amines is 1. The first kappa shape index (κ1) is 17.7. The Kier molecular flexibility index (Phi) is 3.98. The molecule has 31 heavy (non-hydrogen) atoms. The summed E-state index contributed by atoms with van der Waals surface area (Å²) < 4.78 is 18.5. The van der Waals surface area contributed by atoms with Crippen LogP contribution < -0.4 is 9.47 Å². The third-order valence-electron chi connectivity index (χ3n) is 5.33. The molecule has 0 spiro atoms. The fraction of sp³-hybridized carbons (Fsp3) is 0.182. The number of benzene rings is 1. The standard InChI is InChI=1S/C22H18N6O3/c1-28-11-15(9-25-28)14-7-16-17(10-24-21(16)23-8-14)22-27-26-20(31-22)5-3-13-2-4-18-19(6-13)30-12-29-18/h2,4,6-11H,3,5,12H2,1H3,(H,23,24). The van der Waals surface area contributed by atoms with Gasteiger partial charge in [0.2, 0.25) is 18.6 Å². The van der Waals surface area contributed by atoms with Crippen LogP contribution in [0.4, 0.5) is 0 Å². The van der Waals surface area contributed by atoms with Gasteiger partial charge in [0.05, 0.1) is 11.8 Å². The van der Waals surface area contributed by atoms with Gasteiger partial charge in [0.15, 0.2) is 11.5 Å². The molecule has 0 unspecified atom stereocenters. The van der Waals surface area contributed by atoms with Gasteiger partial charge in [0.25, 0.3) is 0 Å². The van der Waals surface area contributed by atoms with Crippen LogP contribution in [0.5, 0.6) is 11.5 Å². The SMILES string of the molecule is Cn1cc(-c2cnc3[nH]cc(-c4nnc(CCc5ccc6c(c5)OCO6)o4)c3c2)cn1. The van der Waals surface area contributed by atoms with Crippen LogP contribution in [0.2, 0.25) is 0 Å². The summed E-state index contributed by atoms with van der Waals surface area (Å²) in [7, 11) is 1.89. The molecule has 154 valence electrons. The fourth-order valence-electron chi connectivity index (χ4n) is 3.72. The van der Waals surface area contributed by atoms with Gasteiger partial charge >= 0.3 is 0 Å². The summed E-state index contributed by atoms with van der Waals surface area (Å²) in [5, 5.41) is 13.6. The predicted octanol–water partition coefficient (Wildman–Crippen LogP) is 3.53. The number of aromatic nitrogens is 6. The highest BCUT2D eigenvalue weighted by molar-refractivity contribution is 5.93. The smallest absolute Gasteiger partial charge is 0.249 e. The molecule has 6 rings (SSSR count). The summed E-state index contributed by atoms with van der Waals surface area (Å²) in [6.07, 6.45) is 8.84. The lowest BCUT2D eigenvalue weighted by molar-refractivity contribution is 0.174. The number of nitrogens with one attached hydrogen (secondary N) is 1. The van der Waals surface area contributed by atoms with Crippen molar-refractivity contribution in [2.24, 2.45) is 7.05 Å². The maximum atomic E-state index is 5.96. The molecular formula is C22H18N6O3. The molecule has 5 heterocycles. The van der Waals surface area contributed by atoms with E-state index in [2.05, 4.69) is 31.3 Å². The van der Waals surface area contributed by atoms with Crippen molar-refractivity contribution in [3.05, 3.63) is 60.5 Å². The Bertz CT molecular complexity index is 1400. The van der Waals surface area contributed by atoms with Crippen LogP contribution in [0.15, 0.2) is 53.5 Å². The van der Waals surface area contributed by atoms with Gasteiger partial charge in [-0.25, -0.2) is 4.98 Å². The molecule has 1 aliphatic heterocycles. The Morgan fingerprint density at radius 1 is 1.03 bits per heavy atom. The van der Waals surface area contributed by atoms with Gasteiger partial charge in [-0.3, -0.25) is 4.68 Å². The predicted molar refractivity (Wildman–Crippen MR) is 112 cm³/mol. The zero-order chi connectivity index (χ0) is 20.8. The lowest BCUT2D eigenvalue weighted by Gasteiger charge is -2.01. The molecule has 0 bridgehead atoms. The fourth-order valence-corrected chi connectivity index (χ4v) is 3.72. The number of hydrogen-bond donors (Lipinski definition) is 1. The van der Waals surface area contributed by atoms with Gasteiger partial charge in [-0.15, -0.1) is 10.2 Å². The van der Waals surface area contributed by atoms with E-state index in [9.17, 15) is 0 Å². The number of aryl methyl sites for hydroxylation is 3. The molecule has 0 saturated carbocycles. The van der Waals surface area contributed by atoms with Gasteiger partial charge in [-0.1, -0.05) is 6.07 Å². The van der Waals surface area contributed by atoms with Gasteiger partial charge in [-0.05, 0) is 30.2 Å². The second-order valence-corrected chi connectivity index (χ2v) is 7.41. The average Bonchev–Trinajstić information content (AvgIpc) is 3.57. The lowest BCUT2D eigenvalue weighted by Crippen LogP contribution is -1.93. The monoisotopic (exact) mass is 414 g/mol. The van der Waals surface area contributed by atoms with Crippen LogP contribution in [0.1, 0.15) is 11.5 Å². The maximum absolute atomic E-state index is 5.96. The largest absolute Gasteiger partial charge is 0.454 e. The number of hydrogen-bond acceptors (Lipinski definition) is 7. The highest BCUT2D eigenvalue weighted by Crippen LogP contribution is 2.33. The van der Waals surface area contributed by atoms with Crippen molar-refractivity contribution < 1.29 is 13.9 Å². The molecule has 0 atom stereocenters. The Labute approximate surface area is 176 Å². The van der Waals surface area contributed by atoms with E-state index in [1.54, 1.807) is 4.68 Å². The average molecular weight is 414 g/mol. The zero-order valence-electron chi connectivity index (χ0n) is 16.7. The van der Waals surface area contributed by atoms with E-state index in [1.807, 2.05) is 50.0 Å². The Hall–Kier alpha value is -4.14. The van der Waals surface area contributed by atoms with Crippen LogP contribution in [0.25, 0.3) is 33.6 Å². The Balaban J connectivity index is 1.25. The van der Waals surface area contributed by atoms with Crippen LogP contribution in [0, 0.1) is 0 Å². The molecule has 4 aromatic heterocycles. The summed E-state index contributed by atoms with van der Waals surface area (Å²) in [5.74, 6) is 2.61. The van der Waals surface area contributed by atoms with E-state index in [-0.39, 0.29) is 6.79 Å². The summed E-state index contributed by atoms with van der Waals surface area (Å²) in [4.78, 5) is 7.70. The van der Waals surface area contributed by atoms with E-state index in [4.69, 9.17) is 13.9 Å². The van der Waals surface area contributed by atoms with Gasteiger partial charge in [-0.2, -0.15) is 5.10 Å². The number of fused-ring (bicyclic) bond motifs is 2. The first-order valence-corrected chi connectivity index (χ1v) is 9.90. The quantitative estimate of drug-likeness (QED) is 0.469. The molecule has 0 aliphatic carbocycles. The summed E-state index contributed by atoms with van der Waals surface area (Å²) in [6, 6.07) is 8.00. The molecule has 0 fully saturated rings. The number of nitrogens with zero attached hydrogens (tertiary/aromatic N) is 5. The molecular weight excluding hydrogens is 396 g/mol. The maximum Gasteiger partial charge on any atom is 0.249 e. The van der Waals surface area contributed by atoms with Gasteiger partial charge < -0.3 is 18.9 Å². The van der Waals surface area contributed by atoms with Crippen LogP contribution in [0.3, 0.4) is 0 Å². The van der Waals surface area contributed by atoms with Gasteiger partial charge in [0, 0.05) is 48.6 Å². The molecule has 0 amide bonds. The summed E-state index contributed by atoms with van der Waals surface area (Å²) >= 11 is 0. The van der Waals surface area contributed by atoms with Crippen molar-refractivity contribution in [3.8, 4) is 34.1 Å². The summed E-state index contributed by atoms with van der Waals surface area (Å²) in [5.41, 5.74) is 4.70. The number of pyridine rings is 1. The van der Waals surface area contributed by atoms with Crippen molar-refractivity contribution in [2.75, 3.05) is 6.79 Å². The van der Waals surface area contributed by atoms with Crippen molar-refractivity contribution in [3.63, 3.8) is 0 Å². The normalized spacial score (nSPS) is 12.7. The van der Waals surface area contributed by atoms with Crippen LogP contribution in [-0.2, 0) is 19.9 Å². The lowest BCUT2D eigenvalue weighted by atomic mass is 10.1. The first-order valence-electron chi connectivity index (χ1n) is 9.90. The molecule has 9 heteroatoms. The topological polar surface area (TPSA) is 104 Å². The van der Waals surface area contributed by atoms with E-state index in [1.165, 1.54) is 0 Å². The molecule has 1 N–H and O–H groups in total. The summed E-state index contributed by atoms with van der Waals surface area (Å²) in [6.45, 7) is 0.272. The molecule has 0 saturated heterocycles. The first-order chi connectivity index (χ1) is 15.2. The van der Waals surface area contributed by atoms with Gasteiger partial charge in [0.1, 0.15) is 5.65 Å². The molecule has 1 aliphatic rings. The minimum Gasteiger partial charge on any atom is -0.454 e. The number of rotatable bonds is 5. The van der Waals surface area contributed by atoms with E-state index < -0.39 is 0 Å².